The van der Waals surface area contributed by atoms with Gasteiger partial charge in [-0.05, 0) is 31.4 Å². The minimum Gasteiger partial charge on any atom is -0.359 e. The molecule has 1 heterocycles. The van der Waals surface area contributed by atoms with E-state index in [1.807, 2.05) is 0 Å². The van der Waals surface area contributed by atoms with E-state index in [0.717, 1.165) is 49.1 Å². The third-order valence-electron chi connectivity index (χ3n) is 3.61. The molecule has 1 aromatic carbocycles. The van der Waals surface area contributed by atoms with Gasteiger partial charge in [0.05, 0.1) is 6.42 Å². The van der Waals surface area contributed by atoms with Crippen molar-refractivity contribution in [1.82, 2.24) is 5.16 Å². The van der Waals surface area contributed by atoms with Crippen LogP contribution in [0.4, 0.5) is 14.6 Å². The standard InChI is InChI=1S/C15H14F2N2O2/c16-11-5-3-6-12(17)10(11)8-14(20)18-15-9-4-1-2-7-13(9)21-19-15/h3,5-6H,1-2,4,7-8H2,(H,18,19,20). The largest absolute Gasteiger partial charge is 0.359 e. The van der Waals surface area contributed by atoms with Crippen LogP contribution in [0.3, 0.4) is 0 Å². The molecule has 2 aromatic rings. The number of aromatic nitrogens is 1. The first-order valence-corrected chi connectivity index (χ1v) is 6.85. The first kappa shape index (κ1) is 13.7. The van der Waals surface area contributed by atoms with E-state index in [2.05, 4.69) is 10.5 Å². The maximum Gasteiger partial charge on any atom is 0.230 e. The third-order valence-corrected chi connectivity index (χ3v) is 3.61. The van der Waals surface area contributed by atoms with Crippen LogP contribution in [0.1, 0.15) is 29.7 Å². The van der Waals surface area contributed by atoms with E-state index in [0.29, 0.717) is 5.82 Å². The molecule has 0 radical (unpaired) electrons. The fourth-order valence-electron chi connectivity index (χ4n) is 2.52. The molecule has 0 saturated heterocycles. The summed E-state index contributed by atoms with van der Waals surface area (Å²) in [7, 11) is 0. The second kappa shape index (κ2) is 5.63. The average molecular weight is 292 g/mol. The minimum atomic E-state index is -0.729. The van der Waals surface area contributed by atoms with Crippen LogP contribution >= 0.6 is 0 Å². The van der Waals surface area contributed by atoms with Gasteiger partial charge < -0.3 is 9.84 Å². The number of aryl methyl sites for hydroxylation is 1. The van der Waals surface area contributed by atoms with Gasteiger partial charge in [0.15, 0.2) is 5.82 Å². The second-order valence-electron chi connectivity index (χ2n) is 5.07. The Balaban J connectivity index is 1.74. The van der Waals surface area contributed by atoms with Crippen LogP contribution in [0.5, 0.6) is 0 Å². The smallest absolute Gasteiger partial charge is 0.230 e. The first-order valence-electron chi connectivity index (χ1n) is 6.85. The molecule has 3 rings (SSSR count). The SMILES string of the molecule is O=C(Cc1c(F)cccc1F)Nc1noc2c1CCCC2. The fourth-order valence-corrected chi connectivity index (χ4v) is 2.52. The van der Waals surface area contributed by atoms with Gasteiger partial charge >= 0.3 is 0 Å². The molecule has 0 unspecified atom stereocenters. The first-order chi connectivity index (χ1) is 10.1. The highest BCUT2D eigenvalue weighted by molar-refractivity contribution is 5.92. The van der Waals surface area contributed by atoms with Crippen molar-refractivity contribution in [1.29, 1.82) is 0 Å². The molecule has 0 atom stereocenters. The summed E-state index contributed by atoms with van der Waals surface area (Å²) in [5.74, 6) is -0.819. The number of anilines is 1. The average Bonchev–Trinajstić information content (AvgIpc) is 2.87. The molecule has 110 valence electrons. The van der Waals surface area contributed by atoms with Gasteiger partial charge in [0, 0.05) is 17.5 Å². The number of nitrogens with one attached hydrogen (secondary N) is 1. The summed E-state index contributed by atoms with van der Waals surface area (Å²) in [6, 6.07) is 3.52. The zero-order valence-electron chi connectivity index (χ0n) is 11.3. The summed E-state index contributed by atoms with van der Waals surface area (Å²) >= 11 is 0. The van der Waals surface area contributed by atoms with Gasteiger partial charge in [0.2, 0.25) is 5.91 Å². The van der Waals surface area contributed by atoms with Crippen molar-refractivity contribution in [2.24, 2.45) is 0 Å². The Bertz CT molecular complexity index is 662. The summed E-state index contributed by atoms with van der Waals surface area (Å²) < 4.78 is 32.2. The van der Waals surface area contributed by atoms with Crippen LogP contribution in [-0.4, -0.2) is 11.1 Å². The Morgan fingerprint density at radius 2 is 1.95 bits per heavy atom. The number of rotatable bonds is 3. The number of hydrogen-bond donors (Lipinski definition) is 1. The van der Waals surface area contributed by atoms with Gasteiger partial charge in [-0.2, -0.15) is 0 Å². The van der Waals surface area contributed by atoms with Crippen molar-refractivity contribution in [3.05, 3.63) is 46.7 Å². The summed E-state index contributed by atoms with van der Waals surface area (Å²) in [6.07, 6.45) is 3.28. The van der Waals surface area contributed by atoms with Gasteiger partial charge in [-0.25, -0.2) is 8.78 Å². The maximum atomic E-state index is 13.5. The summed E-state index contributed by atoms with van der Waals surface area (Å²) in [4.78, 5) is 11.9. The molecule has 6 heteroatoms. The third kappa shape index (κ3) is 2.79. The molecule has 0 spiro atoms. The van der Waals surface area contributed by atoms with Crippen LogP contribution < -0.4 is 5.32 Å². The van der Waals surface area contributed by atoms with Crippen LogP contribution in [-0.2, 0) is 24.1 Å². The number of benzene rings is 1. The molecular formula is C15H14F2N2O2. The van der Waals surface area contributed by atoms with Crippen LogP contribution in [0.25, 0.3) is 0 Å². The molecular weight excluding hydrogens is 278 g/mol. The van der Waals surface area contributed by atoms with E-state index in [4.69, 9.17) is 4.52 Å². The monoisotopic (exact) mass is 292 g/mol. The van der Waals surface area contributed by atoms with Gasteiger partial charge in [-0.3, -0.25) is 4.79 Å². The lowest BCUT2D eigenvalue weighted by Gasteiger charge is -2.10. The highest BCUT2D eigenvalue weighted by Crippen LogP contribution is 2.27. The van der Waals surface area contributed by atoms with Crippen molar-refractivity contribution in [3.63, 3.8) is 0 Å². The number of carbonyl (C=O) groups excluding carboxylic acids is 1. The molecule has 0 fully saturated rings. The lowest BCUT2D eigenvalue weighted by atomic mass is 9.98. The maximum absolute atomic E-state index is 13.5. The van der Waals surface area contributed by atoms with Crippen molar-refractivity contribution >= 4 is 11.7 Å². The molecule has 4 nitrogen and oxygen atoms in total. The van der Waals surface area contributed by atoms with Crippen LogP contribution in [0.15, 0.2) is 22.7 Å². The highest BCUT2D eigenvalue weighted by Gasteiger charge is 2.21. The van der Waals surface area contributed by atoms with Gasteiger partial charge in [-0.15, -0.1) is 0 Å². The topological polar surface area (TPSA) is 55.1 Å². The molecule has 1 aromatic heterocycles. The summed E-state index contributed by atoms with van der Waals surface area (Å²) in [5, 5.41) is 6.41. The molecule has 0 bridgehead atoms. The predicted octanol–water partition coefficient (Wildman–Crippen LogP) is 3.01. The van der Waals surface area contributed by atoms with Gasteiger partial charge in [0.1, 0.15) is 17.4 Å². The summed E-state index contributed by atoms with van der Waals surface area (Å²) in [5.41, 5.74) is 0.649. The van der Waals surface area contributed by atoms with Crippen molar-refractivity contribution in [2.75, 3.05) is 5.32 Å². The van der Waals surface area contributed by atoms with E-state index in [1.165, 1.54) is 6.07 Å². The number of nitrogens with zero attached hydrogens (tertiary/aromatic N) is 1. The summed E-state index contributed by atoms with van der Waals surface area (Å²) in [6.45, 7) is 0. The van der Waals surface area contributed by atoms with E-state index >= 15 is 0 Å². The number of hydrogen-bond acceptors (Lipinski definition) is 3. The molecule has 1 N–H and O–H groups in total. The van der Waals surface area contributed by atoms with Crippen LogP contribution in [0.2, 0.25) is 0 Å². The number of carbonyl (C=O) groups is 1. The van der Waals surface area contributed by atoms with Crippen molar-refractivity contribution in [3.8, 4) is 0 Å². The van der Waals surface area contributed by atoms with Gasteiger partial charge in [0.25, 0.3) is 0 Å². The molecule has 0 aliphatic heterocycles. The minimum absolute atomic E-state index is 0.243. The van der Waals surface area contributed by atoms with E-state index < -0.39 is 17.5 Å². The van der Waals surface area contributed by atoms with Crippen molar-refractivity contribution in [2.45, 2.75) is 32.1 Å². The normalized spacial score (nSPS) is 13.8. The van der Waals surface area contributed by atoms with E-state index in [-0.39, 0.29) is 12.0 Å². The zero-order chi connectivity index (χ0) is 14.8. The lowest BCUT2D eigenvalue weighted by Crippen LogP contribution is -2.17. The molecule has 1 aliphatic carbocycles. The Labute approximate surface area is 120 Å². The number of fused-ring (bicyclic) bond motifs is 1. The van der Waals surface area contributed by atoms with E-state index in [1.54, 1.807) is 0 Å². The van der Waals surface area contributed by atoms with E-state index in [9.17, 15) is 13.6 Å². The van der Waals surface area contributed by atoms with Crippen LogP contribution in [0, 0.1) is 11.6 Å². The molecule has 1 aliphatic rings. The highest BCUT2D eigenvalue weighted by atomic mass is 19.1. The second-order valence-corrected chi connectivity index (χ2v) is 5.07. The lowest BCUT2D eigenvalue weighted by molar-refractivity contribution is -0.115. The fraction of sp³-hybridized carbons (Fsp3) is 0.333. The Morgan fingerprint density at radius 1 is 1.24 bits per heavy atom. The Morgan fingerprint density at radius 3 is 2.71 bits per heavy atom. The predicted molar refractivity (Wildman–Crippen MR) is 71.8 cm³/mol. The molecule has 0 saturated carbocycles. The van der Waals surface area contributed by atoms with Gasteiger partial charge in [-0.1, -0.05) is 11.2 Å². The number of halogens is 2. The quantitative estimate of drug-likeness (QED) is 0.946. The Kier molecular flexibility index (Phi) is 3.68. The Hall–Kier alpha value is -2.24. The molecule has 1 amide bonds. The zero-order valence-corrected chi connectivity index (χ0v) is 11.3. The number of amides is 1. The van der Waals surface area contributed by atoms with Crippen molar-refractivity contribution < 1.29 is 18.1 Å². The molecule has 21 heavy (non-hydrogen) atoms.